The highest BCUT2D eigenvalue weighted by Gasteiger charge is 2.19. The molecule has 4 rings (SSSR count). The number of piperazine rings is 1. The van der Waals surface area contributed by atoms with Gasteiger partial charge in [-0.15, -0.1) is 0 Å². The van der Waals surface area contributed by atoms with Crippen LogP contribution < -0.4 is 0 Å². The number of nitrogens with zero attached hydrogens (tertiary/aromatic N) is 4. The van der Waals surface area contributed by atoms with Gasteiger partial charge in [-0.1, -0.05) is 17.3 Å². The number of hydrogen-bond acceptors (Lipinski definition) is 5. The van der Waals surface area contributed by atoms with E-state index < -0.39 is 0 Å². The number of nitriles is 1. The molecule has 1 fully saturated rings. The molecule has 0 amide bonds. The van der Waals surface area contributed by atoms with Crippen LogP contribution in [0, 0.1) is 17.1 Å². The molecular weight excluding hydrogens is 331 g/mol. The Labute approximate surface area is 151 Å². The first-order valence-electron chi connectivity index (χ1n) is 8.69. The monoisotopic (exact) mass is 350 g/mol. The zero-order chi connectivity index (χ0) is 17.9. The molecule has 5 nitrogen and oxygen atoms in total. The second kappa shape index (κ2) is 7.24. The third-order valence-electron chi connectivity index (χ3n) is 4.84. The lowest BCUT2D eigenvalue weighted by Gasteiger charge is -2.34. The standard InChI is InChI=1S/C20H19FN4O/c21-17-5-6-18-19(23-26-20(18)11-17)14-25-9-7-24(8-10-25)13-16-3-1-15(12-22)2-4-16/h1-6,11H,7-10,13-14H2. The maximum Gasteiger partial charge on any atom is 0.170 e. The number of rotatable bonds is 4. The van der Waals surface area contributed by atoms with Gasteiger partial charge in [-0.3, -0.25) is 9.80 Å². The predicted molar refractivity (Wildman–Crippen MR) is 95.7 cm³/mol. The first kappa shape index (κ1) is 16.7. The fourth-order valence-corrected chi connectivity index (χ4v) is 3.34. The van der Waals surface area contributed by atoms with Crippen molar-refractivity contribution in [3.63, 3.8) is 0 Å². The summed E-state index contributed by atoms with van der Waals surface area (Å²) < 4.78 is 18.5. The number of fused-ring (bicyclic) bond motifs is 1. The highest BCUT2D eigenvalue weighted by Crippen LogP contribution is 2.21. The Balaban J connectivity index is 1.33. The van der Waals surface area contributed by atoms with Crippen LogP contribution in [0.15, 0.2) is 47.0 Å². The van der Waals surface area contributed by atoms with Crippen molar-refractivity contribution >= 4 is 11.0 Å². The van der Waals surface area contributed by atoms with Crippen molar-refractivity contribution in [1.29, 1.82) is 5.26 Å². The molecule has 0 aliphatic carbocycles. The fourth-order valence-electron chi connectivity index (χ4n) is 3.34. The normalized spacial score (nSPS) is 16.0. The van der Waals surface area contributed by atoms with Crippen LogP contribution in [-0.4, -0.2) is 41.1 Å². The van der Waals surface area contributed by atoms with Crippen LogP contribution >= 0.6 is 0 Å². The summed E-state index contributed by atoms with van der Waals surface area (Å²) >= 11 is 0. The molecule has 0 unspecified atom stereocenters. The first-order chi connectivity index (χ1) is 12.7. The van der Waals surface area contributed by atoms with E-state index in [0.717, 1.165) is 43.8 Å². The molecule has 0 radical (unpaired) electrons. The van der Waals surface area contributed by atoms with Crippen LogP contribution in [0.5, 0.6) is 0 Å². The van der Waals surface area contributed by atoms with Crippen molar-refractivity contribution < 1.29 is 8.91 Å². The SMILES string of the molecule is N#Cc1ccc(CN2CCN(Cc3noc4cc(F)ccc34)CC2)cc1. The van der Waals surface area contributed by atoms with E-state index in [2.05, 4.69) is 21.0 Å². The number of hydrogen-bond donors (Lipinski definition) is 0. The summed E-state index contributed by atoms with van der Waals surface area (Å²) in [7, 11) is 0. The average molecular weight is 350 g/mol. The Kier molecular flexibility index (Phi) is 4.65. The van der Waals surface area contributed by atoms with Gasteiger partial charge in [0.2, 0.25) is 0 Å². The van der Waals surface area contributed by atoms with E-state index >= 15 is 0 Å². The van der Waals surface area contributed by atoms with E-state index in [4.69, 9.17) is 9.78 Å². The Morgan fingerprint density at radius 3 is 2.38 bits per heavy atom. The molecule has 1 aliphatic rings. The van der Waals surface area contributed by atoms with Gasteiger partial charge in [0.25, 0.3) is 0 Å². The summed E-state index contributed by atoms with van der Waals surface area (Å²) in [5, 5.41) is 13.9. The molecule has 0 bridgehead atoms. The Morgan fingerprint density at radius 1 is 1.00 bits per heavy atom. The van der Waals surface area contributed by atoms with Crippen LogP contribution in [0.3, 0.4) is 0 Å². The van der Waals surface area contributed by atoms with E-state index in [0.29, 0.717) is 17.7 Å². The van der Waals surface area contributed by atoms with Crippen molar-refractivity contribution in [3.05, 3.63) is 65.1 Å². The highest BCUT2D eigenvalue weighted by atomic mass is 19.1. The third kappa shape index (κ3) is 3.59. The molecule has 2 heterocycles. The van der Waals surface area contributed by atoms with Crippen LogP contribution in [-0.2, 0) is 13.1 Å². The van der Waals surface area contributed by atoms with Gasteiger partial charge >= 0.3 is 0 Å². The molecule has 0 atom stereocenters. The van der Waals surface area contributed by atoms with Crippen LogP contribution in [0.25, 0.3) is 11.0 Å². The van der Waals surface area contributed by atoms with Gasteiger partial charge in [0.1, 0.15) is 11.5 Å². The van der Waals surface area contributed by atoms with Gasteiger partial charge in [-0.05, 0) is 29.8 Å². The number of halogens is 1. The van der Waals surface area contributed by atoms with Crippen LogP contribution in [0.1, 0.15) is 16.8 Å². The summed E-state index contributed by atoms with van der Waals surface area (Å²) in [6, 6.07) is 14.5. The van der Waals surface area contributed by atoms with Gasteiger partial charge in [0.15, 0.2) is 5.58 Å². The van der Waals surface area contributed by atoms with Crippen molar-refractivity contribution in [1.82, 2.24) is 15.0 Å². The maximum absolute atomic E-state index is 13.2. The molecular formula is C20H19FN4O. The Morgan fingerprint density at radius 2 is 1.69 bits per heavy atom. The fraction of sp³-hybridized carbons (Fsp3) is 0.300. The molecule has 0 N–H and O–H groups in total. The lowest BCUT2D eigenvalue weighted by atomic mass is 10.1. The van der Waals surface area contributed by atoms with Gasteiger partial charge in [-0.25, -0.2) is 4.39 Å². The molecule has 132 valence electrons. The van der Waals surface area contributed by atoms with Crippen LogP contribution in [0.2, 0.25) is 0 Å². The zero-order valence-electron chi connectivity index (χ0n) is 14.4. The van der Waals surface area contributed by atoms with Gasteiger partial charge in [0.05, 0.1) is 11.6 Å². The van der Waals surface area contributed by atoms with E-state index in [-0.39, 0.29) is 5.82 Å². The van der Waals surface area contributed by atoms with Crippen molar-refractivity contribution in [3.8, 4) is 6.07 Å². The number of aromatic nitrogens is 1. The van der Waals surface area contributed by atoms with E-state index in [9.17, 15) is 4.39 Å². The molecule has 3 aromatic rings. The summed E-state index contributed by atoms with van der Waals surface area (Å²) in [6.07, 6.45) is 0. The second-order valence-electron chi connectivity index (χ2n) is 6.63. The minimum absolute atomic E-state index is 0.309. The van der Waals surface area contributed by atoms with Crippen molar-refractivity contribution in [2.45, 2.75) is 13.1 Å². The minimum Gasteiger partial charge on any atom is -0.356 e. The maximum atomic E-state index is 13.2. The highest BCUT2D eigenvalue weighted by molar-refractivity contribution is 5.79. The Bertz CT molecular complexity index is 937. The molecule has 6 heteroatoms. The molecule has 0 saturated carbocycles. The minimum atomic E-state index is -0.309. The van der Waals surface area contributed by atoms with Gasteiger partial charge < -0.3 is 4.52 Å². The topological polar surface area (TPSA) is 56.3 Å². The molecule has 2 aromatic carbocycles. The molecule has 1 aliphatic heterocycles. The third-order valence-corrected chi connectivity index (χ3v) is 4.84. The predicted octanol–water partition coefficient (Wildman–Crippen LogP) is 3.16. The van der Waals surface area contributed by atoms with Crippen molar-refractivity contribution in [2.24, 2.45) is 0 Å². The lowest BCUT2D eigenvalue weighted by molar-refractivity contribution is 0.120. The average Bonchev–Trinajstić information content (AvgIpc) is 3.06. The quantitative estimate of drug-likeness (QED) is 0.723. The second-order valence-corrected chi connectivity index (χ2v) is 6.63. The van der Waals surface area contributed by atoms with Crippen molar-refractivity contribution in [2.75, 3.05) is 26.2 Å². The molecule has 26 heavy (non-hydrogen) atoms. The summed E-state index contributed by atoms with van der Waals surface area (Å²) in [6.45, 7) is 5.46. The zero-order valence-corrected chi connectivity index (χ0v) is 14.4. The summed E-state index contributed by atoms with van der Waals surface area (Å²) in [5.74, 6) is -0.309. The molecule has 1 saturated heterocycles. The lowest BCUT2D eigenvalue weighted by Crippen LogP contribution is -2.45. The van der Waals surface area contributed by atoms with E-state index in [1.54, 1.807) is 6.07 Å². The summed E-state index contributed by atoms with van der Waals surface area (Å²) in [5.41, 5.74) is 3.28. The first-order valence-corrected chi connectivity index (χ1v) is 8.69. The largest absolute Gasteiger partial charge is 0.356 e. The number of benzene rings is 2. The smallest absolute Gasteiger partial charge is 0.170 e. The Hall–Kier alpha value is -2.75. The molecule has 0 spiro atoms. The van der Waals surface area contributed by atoms with Crippen LogP contribution in [0.4, 0.5) is 4.39 Å². The van der Waals surface area contributed by atoms with E-state index in [1.165, 1.54) is 17.7 Å². The van der Waals surface area contributed by atoms with Gasteiger partial charge in [-0.2, -0.15) is 5.26 Å². The molecule has 1 aromatic heterocycles. The van der Waals surface area contributed by atoms with E-state index in [1.807, 2.05) is 24.3 Å². The summed E-state index contributed by atoms with van der Waals surface area (Å²) in [4.78, 5) is 4.75. The van der Waals surface area contributed by atoms with Gasteiger partial charge in [0, 0.05) is 50.7 Å².